The summed E-state index contributed by atoms with van der Waals surface area (Å²) < 4.78 is 8.65. The summed E-state index contributed by atoms with van der Waals surface area (Å²) in [5, 5.41) is 1.32. The fourth-order valence-electron chi connectivity index (χ4n) is 5.90. The van der Waals surface area contributed by atoms with Crippen molar-refractivity contribution in [2.75, 3.05) is 6.61 Å². The van der Waals surface area contributed by atoms with E-state index in [-0.39, 0.29) is 18.0 Å². The average molecular weight is 451 g/mol. The third-order valence-corrected chi connectivity index (χ3v) is 7.37. The van der Waals surface area contributed by atoms with Crippen molar-refractivity contribution in [3.05, 3.63) is 107 Å². The summed E-state index contributed by atoms with van der Waals surface area (Å²) in [7, 11) is 0. The van der Waals surface area contributed by atoms with Crippen LogP contribution in [0, 0.1) is 0 Å². The predicted octanol–water partition coefficient (Wildman–Crippen LogP) is 5.88. The van der Waals surface area contributed by atoms with Crippen LogP contribution in [0.4, 0.5) is 0 Å². The molecule has 2 aliphatic rings. The maximum Gasteiger partial charge on any atom is 0.223 e. The molecule has 4 nitrogen and oxygen atoms in total. The van der Waals surface area contributed by atoms with Gasteiger partial charge in [0.2, 0.25) is 5.91 Å². The molecule has 0 N–H and O–H groups in total. The molecule has 0 unspecified atom stereocenters. The Kier molecular flexibility index (Phi) is 5.68. The van der Waals surface area contributed by atoms with Gasteiger partial charge in [0.25, 0.3) is 0 Å². The monoisotopic (exact) mass is 450 g/mol. The molecule has 172 valence electrons. The van der Waals surface area contributed by atoms with Crippen LogP contribution < -0.4 is 0 Å². The van der Waals surface area contributed by atoms with Gasteiger partial charge in [-0.05, 0) is 42.0 Å². The summed E-state index contributed by atoms with van der Waals surface area (Å²) >= 11 is 0. The first-order valence-electron chi connectivity index (χ1n) is 12.4. The van der Waals surface area contributed by atoms with E-state index < -0.39 is 0 Å². The van der Waals surface area contributed by atoms with Crippen molar-refractivity contribution in [3.63, 3.8) is 0 Å². The van der Waals surface area contributed by atoms with Gasteiger partial charge in [-0.3, -0.25) is 4.79 Å². The van der Waals surface area contributed by atoms with Crippen molar-refractivity contribution in [2.45, 2.75) is 50.9 Å². The Balaban J connectivity index is 1.38. The Hall–Kier alpha value is -3.37. The Labute approximate surface area is 200 Å². The lowest BCUT2D eigenvalue weighted by molar-refractivity contribution is -0.142. The number of hydrogen-bond acceptors (Lipinski definition) is 2. The predicted molar refractivity (Wildman–Crippen MR) is 135 cm³/mol. The van der Waals surface area contributed by atoms with Gasteiger partial charge in [0.05, 0.1) is 25.3 Å². The fraction of sp³-hybridized carbons (Fsp3) is 0.300. The van der Waals surface area contributed by atoms with E-state index in [9.17, 15) is 4.79 Å². The molecule has 6 rings (SSSR count). The van der Waals surface area contributed by atoms with Gasteiger partial charge in [-0.1, -0.05) is 78.9 Å². The molecule has 3 aromatic carbocycles. The van der Waals surface area contributed by atoms with Gasteiger partial charge in [-0.25, -0.2) is 0 Å². The van der Waals surface area contributed by atoms with Crippen LogP contribution >= 0.6 is 0 Å². The first kappa shape index (κ1) is 21.2. The molecule has 1 fully saturated rings. The summed E-state index contributed by atoms with van der Waals surface area (Å²) in [5.41, 5.74) is 6.45. The number of amides is 1. The van der Waals surface area contributed by atoms with Crippen LogP contribution in [0.5, 0.6) is 0 Å². The highest BCUT2D eigenvalue weighted by atomic mass is 16.5. The minimum absolute atomic E-state index is 0.0741. The van der Waals surface area contributed by atoms with Gasteiger partial charge in [-0.2, -0.15) is 0 Å². The Morgan fingerprint density at radius 3 is 2.35 bits per heavy atom. The Morgan fingerprint density at radius 1 is 0.853 bits per heavy atom. The van der Waals surface area contributed by atoms with E-state index in [0.717, 1.165) is 25.8 Å². The second-order valence-electron chi connectivity index (χ2n) is 9.52. The van der Waals surface area contributed by atoms with Crippen LogP contribution in [0.1, 0.15) is 47.7 Å². The second kappa shape index (κ2) is 9.11. The van der Waals surface area contributed by atoms with E-state index in [0.29, 0.717) is 19.6 Å². The minimum Gasteiger partial charge on any atom is -0.375 e. The molecule has 1 aromatic heterocycles. The molecular weight excluding hydrogens is 420 g/mol. The van der Waals surface area contributed by atoms with E-state index in [1.165, 1.54) is 33.3 Å². The summed E-state index contributed by atoms with van der Waals surface area (Å²) in [6, 6.07) is 29.8. The number of benzene rings is 3. The molecule has 0 saturated carbocycles. The smallest absolute Gasteiger partial charge is 0.223 e. The van der Waals surface area contributed by atoms with E-state index in [4.69, 9.17) is 4.74 Å². The van der Waals surface area contributed by atoms with Crippen molar-refractivity contribution in [1.82, 2.24) is 9.47 Å². The Morgan fingerprint density at radius 2 is 1.56 bits per heavy atom. The Bertz CT molecular complexity index is 1300. The van der Waals surface area contributed by atoms with Crippen LogP contribution in [0.2, 0.25) is 0 Å². The van der Waals surface area contributed by atoms with Gasteiger partial charge in [0.1, 0.15) is 0 Å². The van der Waals surface area contributed by atoms with Crippen LogP contribution in [0.15, 0.2) is 84.9 Å². The standard InChI is InChI=1S/C30H30N2O2/c33-29-17-9-16-28-30-26(18-24(32(28)29)21-34-20-23-12-5-2-6-13-23)25-14-7-8-15-27(25)31(30)19-22-10-3-1-4-11-22/h1-8,10-15,24,28H,9,16-21H2/t24-,28+/m0/s1. The number of piperidine rings is 1. The van der Waals surface area contributed by atoms with Gasteiger partial charge < -0.3 is 14.2 Å². The molecule has 34 heavy (non-hydrogen) atoms. The molecule has 2 atom stereocenters. The summed E-state index contributed by atoms with van der Waals surface area (Å²) in [5.74, 6) is 0.270. The number of rotatable bonds is 6. The molecule has 0 radical (unpaired) electrons. The summed E-state index contributed by atoms with van der Waals surface area (Å²) in [6.07, 6.45) is 3.44. The fourth-order valence-corrected chi connectivity index (χ4v) is 5.90. The number of ether oxygens (including phenoxy) is 1. The molecule has 1 saturated heterocycles. The zero-order valence-corrected chi connectivity index (χ0v) is 19.4. The number of hydrogen-bond donors (Lipinski definition) is 0. The number of carbonyl (C=O) groups excluding carboxylic acids is 1. The van der Waals surface area contributed by atoms with Crippen LogP contribution in [-0.4, -0.2) is 28.0 Å². The zero-order chi connectivity index (χ0) is 22.9. The highest BCUT2D eigenvalue weighted by Crippen LogP contribution is 2.44. The summed E-state index contributed by atoms with van der Waals surface area (Å²) in [4.78, 5) is 15.4. The topological polar surface area (TPSA) is 34.5 Å². The van der Waals surface area contributed by atoms with Gasteiger partial charge in [0.15, 0.2) is 0 Å². The number of fused-ring (bicyclic) bond motifs is 5. The lowest BCUT2D eigenvalue weighted by Gasteiger charge is -2.45. The second-order valence-corrected chi connectivity index (χ2v) is 9.52. The number of para-hydroxylation sites is 1. The number of carbonyl (C=O) groups is 1. The first-order valence-corrected chi connectivity index (χ1v) is 12.4. The zero-order valence-electron chi connectivity index (χ0n) is 19.4. The van der Waals surface area contributed by atoms with Crippen molar-refractivity contribution < 1.29 is 9.53 Å². The van der Waals surface area contributed by atoms with Crippen molar-refractivity contribution in [2.24, 2.45) is 0 Å². The first-order chi connectivity index (χ1) is 16.8. The van der Waals surface area contributed by atoms with E-state index in [1.54, 1.807) is 0 Å². The lowest BCUT2D eigenvalue weighted by atomic mass is 9.86. The van der Waals surface area contributed by atoms with Crippen molar-refractivity contribution in [3.8, 4) is 0 Å². The van der Waals surface area contributed by atoms with E-state index >= 15 is 0 Å². The minimum atomic E-state index is 0.0741. The van der Waals surface area contributed by atoms with Crippen molar-refractivity contribution in [1.29, 1.82) is 0 Å². The molecule has 0 bridgehead atoms. The quantitative estimate of drug-likeness (QED) is 0.367. The molecular formula is C30H30N2O2. The highest BCUT2D eigenvalue weighted by molar-refractivity contribution is 5.87. The van der Waals surface area contributed by atoms with Crippen LogP contribution in [0.3, 0.4) is 0 Å². The maximum absolute atomic E-state index is 13.2. The average Bonchev–Trinajstić information content (AvgIpc) is 3.19. The van der Waals surface area contributed by atoms with Crippen LogP contribution in [0.25, 0.3) is 10.9 Å². The number of nitrogens with zero attached hydrogens (tertiary/aromatic N) is 2. The third-order valence-electron chi connectivity index (χ3n) is 7.37. The molecule has 0 spiro atoms. The molecule has 1 amide bonds. The largest absolute Gasteiger partial charge is 0.375 e. The molecule has 3 heterocycles. The van der Waals surface area contributed by atoms with Crippen LogP contribution in [-0.2, 0) is 29.1 Å². The lowest BCUT2D eigenvalue weighted by Crippen LogP contribution is -2.51. The maximum atomic E-state index is 13.2. The van der Waals surface area contributed by atoms with Gasteiger partial charge >= 0.3 is 0 Å². The van der Waals surface area contributed by atoms with Gasteiger partial charge in [0, 0.05) is 29.6 Å². The van der Waals surface area contributed by atoms with Crippen molar-refractivity contribution >= 4 is 16.8 Å². The molecule has 0 aliphatic carbocycles. The highest BCUT2D eigenvalue weighted by Gasteiger charge is 2.42. The molecule has 2 aliphatic heterocycles. The molecule has 4 heteroatoms. The number of aromatic nitrogens is 1. The van der Waals surface area contributed by atoms with E-state index in [2.05, 4.69) is 76.2 Å². The SMILES string of the molecule is O=C1CCC[C@@H]2c3c(c4ccccc4n3Cc3ccccc3)C[C@@H](COCc3ccccc3)N12. The van der Waals surface area contributed by atoms with E-state index in [1.807, 2.05) is 18.2 Å². The third kappa shape index (κ3) is 3.82. The normalized spacial score (nSPS) is 19.8. The summed E-state index contributed by atoms with van der Waals surface area (Å²) in [6.45, 7) is 1.96. The molecule has 4 aromatic rings. The van der Waals surface area contributed by atoms with Gasteiger partial charge in [-0.15, -0.1) is 0 Å².